The predicted molar refractivity (Wildman–Crippen MR) is 81.0 cm³/mol. The van der Waals surface area contributed by atoms with Crippen LogP contribution in [0.2, 0.25) is 0 Å². The monoisotopic (exact) mass is 290 g/mol. The molecule has 0 spiro atoms. The highest BCUT2D eigenvalue weighted by Crippen LogP contribution is 2.20. The number of likely N-dealkylation sites (tertiary alicyclic amines) is 1. The highest BCUT2D eigenvalue weighted by atomic mass is 16.6. The number of hydrogen-bond acceptors (Lipinski definition) is 3. The third-order valence-electron chi connectivity index (χ3n) is 3.37. The van der Waals surface area contributed by atoms with Gasteiger partial charge in [-0.15, -0.1) is 0 Å². The Balaban J connectivity index is 1.94. The molecular weight excluding hydrogens is 268 g/mol. The SMILES string of the molecule is CC(C)COC(=O)N1CCC[C@@H]1C(=O)Nc1ccccc1. The van der Waals surface area contributed by atoms with E-state index < -0.39 is 12.1 Å². The largest absolute Gasteiger partial charge is 0.449 e. The summed E-state index contributed by atoms with van der Waals surface area (Å²) in [5.41, 5.74) is 0.741. The number of benzene rings is 1. The summed E-state index contributed by atoms with van der Waals surface area (Å²) in [7, 11) is 0. The van der Waals surface area contributed by atoms with E-state index in [1.54, 1.807) is 0 Å². The van der Waals surface area contributed by atoms with Crippen molar-refractivity contribution in [3.05, 3.63) is 30.3 Å². The van der Waals surface area contributed by atoms with Gasteiger partial charge < -0.3 is 10.1 Å². The minimum Gasteiger partial charge on any atom is -0.449 e. The first-order valence-electron chi connectivity index (χ1n) is 7.37. The van der Waals surface area contributed by atoms with Crippen molar-refractivity contribution in [2.24, 2.45) is 5.92 Å². The fourth-order valence-electron chi connectivity index (χ4n) is 2.33. The first kappa shape index (κ1) is 15.4. The number of nitrogens with zero attached hydrogens (tertiary/aromatic N) is 1. The van der Waals surface area contributed by atoms with E-state index in [2.05, 4.69) is 5.32 Å². The standard InChI is InChI=1S/C16H22N2O3/c1-12(2)11-21-16(20)18-10-6-9-14(18)15(19)17-13-7-4-3-5-8-13/h3-5,7-8,12,14H,6,9-11H2,1-2H3,(H,17,19)/t14-/m1/s1. The summed E-state index contributed by atoms with van der Waals surface area (Å²) in [6, 6.07) is 8.83. The molecular formula is C16H22N2O3. The number of carbonyl (C=O) groups is 2. The summed E-state index contributed by atoms with van der Waals surface area (Å²) in [5.74, 6) is 0.133. The Morgan fingerprint density at radius 2 is 2.05 bits per heavy atom. The van der Waals surface area contributed by atoms with Crippen molar-refractivity contribution in [1.82, 2.24) is 4.90 Å². The van der Waals surface area contributed by atoms with Crippen molar-refractivity contribution < 1.29 is 14.3 Å². The zero-order valence-corrected chi connectivity index (χ0v) is 12.5. The van der Waals surface area contributed by atoms with Crippen LogP contribution >= 0.6 is 0 Å². The summed E-state index contributed by atoms with van der Waals surface area (Å²) in [4.78, 5) is 25.9. The lowest BCUT2D eigenvalue weighted by atomic mass is 10.2. The van der Waals surface area contributed by atoms with Crippen molar-refractivity contribution in [2.75, 3.05) is 18.5 Å². The molecule has 1 aromatic rings. The molecule has 1 aliphatic rings. The maximum absolute atomic E-state index is 12.3. The summed E-state index contributed by atoms with van der Waals surface area (Å²) in [5, 5.41) is 2.85. The van der Waals surface area contributed by atoms with Gasteiger partial charge in [0.15, 0.2) is 0 Å². The van der Waals surface area contributed by atoms with Crippen LogP contribution in [0.4, 0.5) is 10.5 Å². The summed E-state index contributed by atoms with van der Waals surface area (Å²) >= 11 is 0. The Morgan fingerprint density at radius 1 is 1.33 bits per heavy atom. The van der Waals surface area contributed by atoms with Gasteiger partial charge in [-0.05, 0) is 30.9 Å². The Bertz CT molecular complexity index is 488. The van der Waals surface area contributed by atoms with E-state index in [1.165, 1.54) is 4.90 Å². The van der Waals surface area contributed by atoms with Crippen LogP contribution in [-0.2, 0) is 9.53 Å². The third-order valence-corrected chi connectivity index (χ3v) is 3.37. The fraction of sp³-hybridized carbons (Fsp3) is 0.500. The second kappa shape index (κ2) is 7.11. The molecule has 1 fully saturated rings. The lowest BCUT2D eigenvalue weighted by Crippen LogP contribution is -2.43. The first-order chi connectivity index (χ1) is 10.1. The molecule has 114 valence electrons. The van der Waals surface area contributed by atoms with Crippen LogP contribution in [0, 0.1) is 5.92 Å². The molecule has 5 heteroatoms. The molecule has 2 amide bonds. The van der Waals surface area contributed by atoms with Gasteiger partial charge in [-0.1, -0.05) is 32.0 Å². The van der Waals surface area contributed by atoms with Gasteiger partial charge in [-0.25, -0.2) is 4.79 Å². The van der Waals surface area contributed by atoms with Crippen molar-refractivity contribution in [3.8, 4) is 0 Å². The van der Waals surface area contributed by atoms with Crippen molar-refractivity contribution >= 4 is 17.7 Å². The number of carbonyl (C=O) groups excluding carboxylic acids is 2. The van der Waals surface area contributed by atoms with E-state index in [0.29, 0.717) is 19.6 Å². The average molecular weight is 290 g/mol. The van der Waals surface area contributed by atoms with Gasteiger partial charge in [0.2, 0.25) is 5.91 Å². The number of amides is 2. The fourth-order valence-corrected chi connectivity index (χ4v) is 2.33. The molecule has 2 rings (SSSR count). The topological polar surface area (TPSA) is 58.6 Å². The predicted octanol–water partition coefficient (Wildman–Crippen LogP) is 2.88. The molecule has 1 aliphatic heterocycles. The molecule has 0 aromatic heterocycles. The highest BCUT2D eigenvalue weighted by molar-refractivity contribution is 5.96. The first-order valence-corrected chi connectivity index (χ1v) is 7.37. The minimum atomic E-state index is -0.440. The number of nitrogens with one attached hydrogen (secondary N) is 1. The minimum absolute atomic E-state index is 0.153. The maximum atomic E-state index is 12.3. The number of hydrogen-bond donors (Lipinski definition) is 1. The molecule has 1 heterocycles. The second-order valence-corrected chi connectivity index (χ2v) is 5.68. The number of para-hydroxylation sites is 1. The highest BCUT2D eigenvalue weighted by Gasteiger charge is 2.35. The molecule has 21 heavy (non-hydrogen) atoms. The van der Waals surface area contributed by atoms with Gasteiger partial charge in [0.05, 0.1) is 6.61 Å². The van der Waals surface area contributed by atoms with E-state index in [9.17, 15) is 9.59 Å². The zero-order chi connectivity index (χ0) is 15.2. The summed E-state index contributed by atoms with van der Waals surface area (Å²) in [6.07, 6.45) is 1.11. The quantitative estimate of drug-likeness (QED) is 0.927. The number of rotatable bonds is 4. The van der Waals surface area contributed by atoms with Crippen LogP contribution in [0.5, 0.6) is 0 Å². The normalized spacial score (nSPS) is 17.9. The molecule has 1 saturated heterocycles. The van der Waals surface area contributed by atoms with Gasteiger partial charge in [0, 0.05) is 12.2 Å². The molecule has 0 bridgehead atoms. The Labute approximate surface area is 125 Å². The molecule has 5 nitrogen and oxygen atoms in total. The molecule has 1 N–H and O–H groups in total. The maximum Gasteiger partial charge on any atom is 0.410 e. The van der Waals surface area contributed by atoms with Gasteiger partial charge in [-0.3, -0.25) is 9.69 Å². The summed E-state index contributed by atoms with van der Waals surface area (Å²) in [6.45, 7) is 4.92. The van der Waals surface area contributed by atoms with E-state index >= 15 is 0 Å². The van der Waals surface area contributed by atoms with Crippen molar-refractivity contribution in [2.45, 2.75) is 32.7 Å². The van der Waals surface area contributed by atoms with Crippen molar-refractivity contribution in [1.29, 1.82) is 0 Å². The van der Waals surface area contributed by atoms with Crippen LogP contribution in [0.15, 0.2) is 30.3 Å². The Kier molecular flexibility index (Phi) is 5.20. The van der Waals surface area contributed by atoms with Crippen LogP contribution in [0.25, 0.3) is 0 Å². The lowest BCUT2D eigenvalue weighted by Gasteiger charge is -2.23. The smallest absolute Gasteiger partial charge is 0.410 e. The second-order valence-electron chi connectivity index (χ2n) is 5.68. The van der Waals surface area contributed by atoms with Gasteiger partial charge in [-0.2, -0.15) is 0 Å². The summed E-state index contributed by atoms with van der Waals surface area (Å²) < 4.78 is 5.22. The van der Waals surface area contributed by atoms with Crippen LogP contribution in [0.3, 0.4) is 0 Å². The average Bonchev–Trinajstić information content (AvgIpc) is 2.95. The molecule has 1 aromatic carbocycles. The van der Waals surface area contributed by atoms with Crippen LogP contribution in [-0.4, -0.2) is 36.1 Å². The van der Waals surface area contributed by atoms with E-state index in [4.69, 9.17) is 4.74 Å². The van der Waals surface area contributed by atoms with E-state index in [1.807, 2.05) is 44.2 Å². The third kappa shape index (κ3) is 4.21. The number of ether oxygens (including phenoxy) is 1. The molecule has 0 radical (unpaired) electrons. The lowest BCUT2D eigenvalue weighted by molar-refractivity contribution is -0.120. The van der Waals surface area contributed by atoms with E-state index in [-0.39, 0.29) is 11.8 Å². The van der Waals surface area contributed by atoms with Gasteiger partial charge in [0.25, 0.3) is 0 Å². The van der Waals surface area contributed by atoms with Crippen molar-refractivity contribution in [3.63, 3.8) is 0 Å². The Hall–Kier alpha value is -2.04. The Morgan fingerprint density at radius 3 is 2.71 bits per heavy atom. The van der Waals surface area contributed by atoms with Gasteiger partial charge in [0.1, 0.15) is 6.04 Å². The molecule has 0 aliphatic carbocycles. The zero-order valence-electron chi connectivity index (χ0n) is 12.5. The van der Waals surface area contributed by atoms with Crippen LogP contribution < -0.4 is 5.32 Å². The molecule has 0 unspecified atom stereocenters. The van der Waals surface area contributed by atoms with Crippen LogP contribution in [0.1, 0.15) is 26.7 Å². The van der Waals surface area contributed by atoms with E-state index in [0.717, 1.165) is 12.1 Å². The number of anilines is 1. The molecule has 0 saturated carbocycles. The molecule has 1 atom stereocenters. The van der Waals surface area contributed by atoms with Gasteiger partial charge >= 0.3 is 6.09 Å².